The monoisotopic (exact) mass is 347 g/mol. The van der Waals surface area contributed by atoms with E-state index in [0.29, 0.717) is 5.56 Å². The number of benzene rings is 2. The van der Waals surface area contributed by atoms with Gasteiger partial charge in [-0.15, -0.1) is 0 Å². The molecule has 0 unspecified atom stereocenters. The smallest absolute Gasteiger partial charge is 0.213 e. The average Bonchev–Trinajstić information content (AvgIpc) is 2.73. The molecule has 3 aromatic rings. The highest BCUT2D eigenvalue weighted by Gasteiger charge is 2.25. The van der Waals surface area contributed by atoms with Crippen LogP contribution in [0.25, 0.3) is 10.9 Å². The molecule has 0 aliphatic carbocycles. The Morgan fingerprint density at radius 3 is 2.54 bits per heavy atom. The fraction of sp³-hybridized carbons (Fsp3) is 0.273. The summed E-state index contributed by atoms with van der Waals surface area (Å²) in [5.41, 5.74) is 3.46. The number of nitrogens with zero attached hydrogens (tertiary/aromatic N) is 1. The predicted octanol–water partition coefficient (Wildman–Crippen LogP) is 3.88. The molecule has 2 heterocycles. The molecule has 0 bridgehead atoms. The lowest BCUT2D eigenvalue weighted by atomic mass is 9.98. The number of rotatable bonds is 4. The van der Waals surface area contributed by atoms with E-state index in [4.69, 9.17) is 4.74 Å². The number of H-pyrrole nitrogens is 1. The Morgan fingerprint density at radius 1 is 1.04 bits per heavy atom. The standard InChI is InChI=1S/C22H22N2O2/c1-26-17-10-11-20-18(14-17)21(24-12-6-3-7-13-24)19(15-23-20)22(25)16-8-4-2-5-9-16/h2,4-5,8-11,14-15H,3,6-7,12-13H2,1H3/p+1. The van der Waals surface area contributed by atoms with Crippen LogP contribution in [0.2, 0.25) is 0 Å². The molecule has 132 valence electrons. The van der Waals surface area contributed by atoms with Gasteiger partial charge in [-0.25, -0.2) is 4.98 Å². The lowest BCUT2D eigenvalue weighted by molar-refractivity contribution is -0.344. The molecule has 4 heteroatoms. The van der Waals surface area contributed by atoms with Gasteiger partial charge in [0.15, 0.2) is 6.20 Å². The molecule has 0 atom stereocenters. The minimum Gasteiger partial charge on any atom is -0.497 e. The summed E-state index contributed by atoms with van der Waals surface area (Å²) in [5, 5.41) is 1.04. The molecule has 0 saturated carbocycles. The van der Waals surface area contributed by atoms with Crippen molar-refractivity contribution < 1.29 is 14.5 Å². The number of methoxy groups -OCH3 is 1. The molecule has 26 heavy (non-hydrogen) atoms. The first-order valence-corrected chi connectivity index (χ1v) is 9.15. The summed E-state index contributed by atoms with van der Waals surface area (Å²) in [6.45, 7) is 1.96. The quantitative estimate of drug-likeness (QED) is 0.673. The zero-order valence-corrected chi connectivity index (χ0v) is 15.0. The molecule has 1 N–H and O–H groups in total. The Kier molecular flexibility index (Phi) is 4.57. The number of ketones is 1. The maximum atomic E-state index is 13.2. The van der Waals surface area contributed by atoms with Crippen LogP contribution >= 0.6 is 0 Å². The Labute approximate surface area is 153 Å². The zero-order valence-electron chi connectivity index (χ0n) is 15.0. The number of pyridine rings is 1. The molecular formula is C22H23N2O2+. The van der Waals surface area contributed by atoms with Crippen LogP contribution in [0.5, 0.6) is 5.75 Å². The highest BCUT2D eigenvalue weighted by molar-refractivity contribution is 6.15. The minimum absolute atomic E-state index is 0.0483. The molecule has 4 nitrogen and oxygen atoms in total. The van der Waals surface area contributed by atoms with E-state index in [-0.39, 0.29) is 5.78 Å². The third kappa shape index (κ3) is 3.03. The molecule has 1 saturated heterocycles. The highest BCUT2D eigenvalue weighted by Crippen LogP contribution is 2.33. The van der Waals surface area contributed by atoms with Crippen molar-refractivity contribution in [3.05, 3.63) is 65.9 Å². The van der Waals surface area contributed by atoms with E-state index in [1.807, 2.05) is 54.7 Å². The summed E-state index contributed by atoms with van der Waals surface area (Å²) in [6, 6.07) is 15.5. The molecule has 0 amide bonds. The molecule has 0 radical (unpaired) electrons. The van der Waals surface area contributed by atoms with Gasteiger partial charge in [0.1, 0.15) is 11.3 Å². The van der Waals surface area contributed by atoms with Gasteiger partial charge in [0, 0.05) is 24.7 Å². The summed E-state index contributed by atoms with van der Waals surface area (Å²) in [6.07, 6.45) is 5.42. The number of carbonyl (C=O) groups excluding carboxylic acids is 1. The summed E-state index contributed by atoms with van der Waals surface area (Å²) < 4.78 is 5.43. The lowest BCUT2D eigenvalue weighted by Gasteiger charge is -2.30. The summed E-state index contributed by atoms with van der Waals surface area (Å²) in [5.74, 6) is 0.848. The zero-order chi connectivity index (χ0) is 17.9. The van der Waals surface area contributed by atoms with E-state index in [0.717, 1.165) is 53.8 Å². The normalized spacial score (nSPS) is 14.4. The molecule has 1 aliphatic rings. The van der Waals surface area contributed by atoms with Crippen LogP contribution in [0.1, 0.15) is 35.2 Å². The summed E-state index contributed by atoms with van der Waals surface area (Å²) in [7, 11) is 1.67. The first-order valence-electron chi connectivity index (χ1n) is 9.15. The number of anilines is 1. The number of nitrogens with one attached hydrogen (secondary N) is 1. The third-order valence-electron chi connectivity index (χ3n) is 5.06. The van der Waals surface area contributed by atoms with Gasteiger partial charge in [-0.3, -0.25) is 4.79 Å². The molecule has 4 rings (SSSR count). The van der Waals surface area contributed by atoms with Crippen LogP contribution in [0.4, 0.5) is 5.69 Å². The topological polar surface area (TPSA) is 43.7 Å². The van der Waals surface area contributed by atoms with Crippen molar-refractivity contribution >= 4 is 22.4 Å². The Hall–Kier alpha value is -2.88. The van der Waals surface area contributed by atoms with Crippen LogP contribution < -0.4 is 14.6 Å². The van der Waals surface area contributed by atoms with Crippen LogP contribution in [0.3, 0.4) is 0 Å². The number of fused-ring (bicyclic) bond motifs is 1. The van der Waals surface area contributed by atoms with Crippen molar-refractivity contribution in [1.29, 1.82) is 0 Å². The molecule has 0 spiro atoms. The first kappa shape index (κ1) is 16.6. The van der Waals surface area contributed by atoms with E-state index in [2.05, 4.69) is 9.88 Å². The second kappa shape index (κ2) is 7.16. The van der Waals surface area contributed by atoms with Crippen molar-refractivity contribution in [3.8, 4) is 5.75 Å². The predicted molar refractivity (Wildman–Crippen MR) is 103 cm³/mol. The fourth-order valence-electron chi connectivity index (χ4n) is 3.71. The molecule has 1 aromatic heterocycles. The van der Waals surface area contributed by atoms with Crippen molar-refractivity contribution in [2.24, 2.45) is 0 Å². The maximum Gasteiger partial charge on any atom is 0.213 e. The van der Waals surface area contributed by atoms with Gasteiger partial charge >= 0.3 is 0 Å². The fourth-order valence-corrected chi connectivity index (χ4v) is 3.71. The van der Waals surface area contributed by atoms with Gasteiger partial charge in [-0.2, -0.15) is 0 Å². The number of hydrogen-bond donors (Lipinski definition) is 0. The van der Waals surface area contributed by atoms with Crippen LogP contribution in [-0.2, 0) is 0 Å². The van der Waals surface area contributed by atoms with Gasteiger partial charge in [-0.1, -0.05) is 30.3 Å². The summed E-state index contributed by atoms with van der Waals surface area (Å²) >= 11 is 0. The molecule has 1 fully saturated rings. The Balaban J connectivity index is 1.92. The minimum atomic E-state index is 0.0483. The number of hydrogen-bond acceptors (Lipinski definition) is 3. The Bertz CT molecular complexity index is 932. The number of aromatic nitrogens is 1. The first-order chi connectivity index (χ1) is 12.8. The number of aromatic amines is 1. The van der Waals surface area contributed by atoms with Gasteiger partial charge < -0.3 is 9.64 Å². The van der Waals surface area contributed by atoms with E-state index in [1.165, 1.54) is 6.42 Å². The highest BCUT2D eigenvalue weighted by atomic mass is 16.5. The van der Waals surface area contributed by atoms with Crippen LogP contribution in [-0.4, -0.2) is 26.0 Å². The number of piperidine rings is 1. The van der Waals surface area contributed by atoms with Gasteiger partial charge in [0.25, 0.3) is 0 Å². The number of carbonyl (C=O) groups is 1. The van der Waals surface area contributed by atoms with Crippen molar-refractivity contribution in [2.75, 3.05) is 25.1 Å². The van der Waals surface area contributed by atoms with Crippen LogP contribution in [0, 0.1) is 0 Å². The largest absolute Gasteiger partial charge is 0.497 e. The van der Waals surface area contributed by atoms with E-state index < -0.39 is 0 Å². The lowest BCUT2D eigenvalue weighted by Crippen LogP contribution is -2.32. The van der Waals surface area contributed by atoms with Crippen molar-refractivity contribution in [1.82, 2.24) is 0 Å². The third-order valence-corrected chi connectivity index (χ3v) is 5.06. The van der Waals surface area contributed by atoms with Gasteiger partial charge in [0.2, 0.25) is 11.3 Å². The van der Waals surface area contributed by atoms with E-state index >= 15 is 0 Å². The van der Waals surface area contributed by atoms with Crippen molar-refractivity contribution in [3.63, 3.8) is 0 Å². The van der Waals surface area contributed by atoms with Gasteiger partial charge in [-0.05, 0) is 31.4 Å². The number of ether oxygens (including phenoxy) is 1. The second-order valence-corrected chi connectivity index (χ2v) is 6.71. The molecular weight excluding hydrogens is 324 g/mol. The molecule has 1 aliphatic heterocycles. The van der Waals surface area contributed by atoms with E-state index in [9.17, 15) is 4.79 Å². The maximum absolute atomic E-state index is 13.2. The van der Waals surface area contributed by atoms with Gasteiger partial charge in [0.05, 0.1) is 18.2 Å². The average molecular weight is 347 g/mol. The summed E-state index contributed by atoms with van der Waals surface area (Å²) in [4.78, 5) is 18.9. The van der Waals surface area contributed by atoms with E-state index in [1.54, 1.807) is 7.11 Å². The Morgan fingerprint density at radius 2 is 1.81 bits per heavy atom. The second-order valence-electron chi connectivity index (χ2n) is 6.71. The molecule has 2 aromatic carbocycles. The SMILES string of the molecule is COc1ccc2[nH+]cc(C(=O)c3ccccc3)c(N3CCCCC3)c2c1. The van der Waals surface area contributed by atoms with Crippen LogP contribution in [0.15, 0.2) is 54.7 Å². The van der Waals surface area contributed by atoms with Crippen molar-refractivity contribution in [2.45, 2.75) is 19.3 Å².